The largest absolute Gasteiger partial charge is 0.387 e. The van der Waals surface area contributed by atoms with Gasteiger partial charge in [0.25, 0.3) is 0 Å². The van der Waals surface area contributed by atoms with Crippen molar-refractivity contribution in [3.05, 3.63) is 0 Å². The van der Waals surface area contributed by atoms with E-state index < -0.39 is 36.4 Å². The second kappa shape index (κ2) is 3.89. The Kier molecular flexibility index (Phi) is 2.91. The Morgan fingerprint density at radius 2 is 1.94 bits per heavy atom. The Bertz CT molecular complexity index is 337. The Morgan fingerprint density at radius 3 is 2.41 bits per heavy atom. The highest BCUT2D eigenvalue weighted by molar-refractivity contribution is 5.75. The third-order valence-corrected chi connectivity index (χ3v) is 3.53. The fraction of sp³-hybridized carbons (Fsp3) is 0.900. The van der Waals surface area contributed by atoms with Crippen LogP contribution in [0.3, 0.4) is 0 Å². The van der Waals surface area contributed by atoms with Crippen LogP contribution in [-0.2, 0) is 14.3 Å². The zero-order valence-corrected chi connectivity index (χ0v) is 9.90. The molecule has 7 nitrogen and oxygen atoms in total. The first-order valence-corrected chi connectivity index (χ1v) is 5.39. The van der Waals surface area contributed by atoms with Gasteiger partial charge in [0.05, 0.1) is 0 Å². The van der Waals surface area contributed by atoms with E-state index in [1.165, 1.54) is 25.9 Å². The van der Waals surface area contributed by atoms with Crippen LogP contribution in [0.15, 0.2) is 0 Å². The lowest BCUT2D eigenvalue weighted by Crippen LogP contribution is -2.62. The highest BCUT2D eigenvalue weighted by Crippen LogP contribution is 2.43. The summed E-state index contributed by atoms with van der Waals surface area (Å²) in [5.74, 6) is -0.359. The molecule has 2 rings (SSSR count). The predicted molar refractivity (Wildman–Crippen MR) is 54.6 cm³/mol. The molecule has 0 unspecified atom stereocenters. The van der Waals surface area contributed by atoms with Crippen molar-refractivity contribution in [3.63, 3.8) is 0 Å². The smallest absolute Gasteiger partial charge is 0.223 e. The Labute approximate surface area is 98.5 Å². The molecule has 2 aliphatic heterocycles. The number of aliphatic hydroxyl groups is 3. The lowest BCUT2D eigenvalue weighted by molar-refractivity contribution is -0.254. The molecule has 0 saturated carbocycles. The summed E-state index contributed by atoms with van der Waals surface area (Å²) in [5.41, 5.74) is -1.38. The molecule has 0 radical (unpaired) electrons. The molecular formula is C10H17NO6. The molecule has 2 fully saturated rings. The number of aliphatic hydroxyl groups excluding tert-OH is 3. The molecule has 7 heteroatoms. The van der Waals surface area contributed by atoms with Gasteiger partial charge in [-0.2, -0.15) is 0 Å². The van der Waals surface area contributed by atoms with Gasteiger partial charge in [-0.15, -0.1) is 0 Å². The summed E-state index contributed by atoms with van der Waals surface area (Å²) in [4.78, 5) is 12.8. The molecule has 1 amide bonds. The number of methoxy groups -OCH3 is 1. The van der Waals surface area contributed by atoms with Gasteiger partial charge in [0.2, 0.25) is 5.91 Å². The maximum atomic E-state index is 11.6. The summed E-state index contributed by atoms with van der Waals surface area (Å²) in [5, 5.41) is 29.5. The number of fused-ring (bicyclic) bond motifs is 2. The third kappa shape index (κ3) is 1.50. The molecule has 98 valence electrons. The molecule has 0 aromatic carbocycles. The van der Waals surface area contributed by atoms with Crippen LogP contribution in [0.2, 0.25) is 0 Å². The maximum Gasteiger partial charge on any atom is 0.223 e. The van der Waals surface area contributed by atoms with Gasteiger partial charge in [0, 0.05) is 14.0 Å². The highest BCUT2D eigenvalue weighted by Gasteiger charge is 2.64. The van der Waals surface area contributed by atoms with Gasteiger partial charge in [-0.05, 0) is 6.92 Å². The quantitative estimate of drug-likeness (QED) is 0.496. The van der Waals surface area contributed by atoms with Gasteiger partial charge in [-0.25, -0.2) is 0 Å². The predicted octanol–water partition coefficient (Wildman–Crippen LogP) is -1.98. The molecule has 6 atom stereocenters. The van der Waals surface area contributed by atoms with Crippen molar-refractivity contribution < 1.29 is 29.6 Å². The first kappa shape index (κ1) is 12.7. The number of nitrogens with zero attached hydrogens (tertiary/aromatic N) is 1. The second-order valence-electron chi connectivity index (χ2n) is 4.58. The highest BCUT2D eigenvalue weighted by atomic mass is 16.6. The fourth-order valence-corrected chi connectivity index (χ4v) is 2.67. The number of rotatable bonds is 1. The number of amides is 1. The van der Waals surface area contributed by atoms with Crippen molar-refractivity contribution in [1.29, 1.82) is 0 Å². The van der Waals surface area contributed by atoms with Gasteiger partial charge in [-0.3, -0.25) is 9.69 Å². The van der Waals surface area contributed by atoms with Crippen molar-refractivity contribution in [2.75, 3.05) is 7.11 Å². The van der Waals surface area contributed by atoms with E-state index in [9.17, 15) is 20.1 Å². The van der Waals surface area contributed by atoms with Crippen LogP contribution >= 0.6 is 0 Å². The average Bonchev–Trinajstić information content (AvgIpc) is 2.56. The zero-order chi connectivity index (χ0) is 13.0. The van der Waals surface area contributed by atoms with Gasteiger partial charge >= 0.3 is 0 Å². The van der Waals surface area contributed by atoms with Crippen molar-refractivity contribution in [2.45, 2.75) is 50.2 Å². The number of carbonyl (C=O) groups is 1. The molecule has 0 spiro atoms. The van der Waals surface area contributed by atoms with Gasteiger partial charge in [0.15, 0.2) is 12.0 Å². The van der Waals surface area contributed by atoms with E-state index in [1.54, 1.807) is 0 Å². The van der Waals surface area contributed by atoms with Crippen LogP contribution in [0.4, 0.5) is 0 Å². The molecule has 3 N–H and O–H groups in total. The van der Waals surface area contributed by atoms with Crippen molar-refractivity contribution >= 4 is 5.91 Å². The molecule has 0 aromatic heterocycles. The molecular weight excluding hydrogens is 230 g/mol. The minimum atomic E-state index is -1.39. The van der Waals surface area contributed by atoms with E-state index in [0.29, 0.717) is 0 Å². The monoisotopic (exact) mass is 247 g/mol. The Morgan fingerprint density at radius 1 is 1.35 bits per heavy atom. The van der Waals surface area contributed by atoms with Crippen LogP contribution in [0.1, 0.15) is 13.8 Å². The van der Waals surface area contributed by atoms with Crippen molar-refractivity contribution in [1.82, 2.24) is 4.90 Å². The van der Waals surface area contributed by atoms with Crippen LogP contribution in [0.5, 0.6) is 0 Å². The van der Waals surface area contributed by atoms with Gasteiger partial charge < -0.3 is 24.8 Å². The van der Waals surface area contributed by atoms with E-state index in [-0.39, 0.29) is 5.91 Å². The van der Waals surface area contributed by atoms with Crippen LogP contribution in [0.25, 0.3) is 0 Å². The first-order chi connectivity index (χ1) is 7.84. The molecule has 0 aliphatic carbocycles. The topological polar surface area (TPSA) is 99.5 Å². The fourth-order valence-electron chi connectivity index (χ4n) is 2.67. The maximum absolute atomic E-state index is 11.6. The molecule has 2 heterocycles. The number of likely N-dealkylation sites (tertiary alicyclic amines) is 1. The Hall–Kier alpha value is -0.730. The molecule has 2 aliphatic rings. The van der Waals surface area contributed by atoms with E-state index in [1.807, 2.05) is 0 Å². The summed E-state index contributed by atoms with van der Waals surface area (Å²) in [7, 11) is 1.37. The summed E-state index contributed by atoms with van der Waals surface area (Å²) in [6.07, 6.45) is -5.75. The Balaban J connectivity index is 2.45. The van der Waals surface area contributed by atoms with E-state index in [2.05, 4.69) is 0 Å². The summed E-state index contributed by atoms with van der Waals surface area (Å²) in [6.45, 7) is 2.80. The van der Waals surface area contributed by atoms with E-state index >= 15 is 0 Å². The molecule has 2 bridgehead atoms. The molecule has 0 aromatic rings. The normalized spacial score (nSPS) is 49.5. The van der Waals surface area contributed by atoms with Crippen LogP contribution in [0, 0.1) is 0 Å². The lowest BCUT2D eigenvalue weighted by atomic mass is 9.94. The van der Waals surface area contributed by atoms with Crippen molar-refractivity contribution in [3.8, 4) is 0 Å². The van der Waals surface area contributed by atoms with Gasteiger partial charge in [-0.1, -0.05) is 0 Å². The van der Waals surface area contributed by atoms with Crippen LogP contribution < -0.4 is 0 Å². The minimum Gasteiger partial charge on any atom is -0.387 e. The summed E-state index contributed by atoms with van der Waals surface area (Å²) >= 11 is 0. The van der Waals surface area contributed by atoms with Gasteiger partial charge in [0.1, 0.15) is 24.4 Å². The lowest BCUT2D eigenvalue weighted by Gasteiger charge is -2.42. The second-order valence-corrected chi connectivity index (χ2v) is 4.58. The van der Waals surface area contributed by atoms with E-state index in [0.717, 1.165) is 0 Å². The SMILES string of the molecule is CO[C@@H]1[C@@H]2O[C@@](C)([C@@H](O)[C@@H](O)[C@@H]2O)N1C(C)=O. The number of carbonyl (C=O) groups excluding carboxylic acids is 1. The minimum absolute atomic E-state index is 0.359. The molecule has 2 saturated heterocycles. The number of hydrogen-bond acceptors (Lipinski definition) is 6. The van der Waals surface area contributed by atoms with Crippen LogP contribution in [-0.4, -0.2) is 69.6 Å². The standard InChI is InChI=1S/C10H17NO6/c1-4(12)11-9(16-3)7-5(13)6(14)8(15)10(11,2)17-7/h5-9,13-15H,1-3H3/t5-,6-,7+,8-,9+,10-/m0/s1. The zero-order valence-electron chi connectivity index (χ0n) is 9.90. The summed E-state index contributed by atoms with van der Waals surface area (Å²) < 4.78 is 10.6. The van der Waals surface area contributed by atoms with Crippen molar-refractivity contribution in [2.24, 2.45) is 0 Å². The first-order valence-electron chi connectivity index (χ1n) is 5.39. The van der Waals surface area contributed by atoms with E-state index in [4.69, 9.17) is 9.47 Å². The average molecular weight is 247 g/mol. The summed E-state index contributed by atoms with van der Waals surface area (Å²) in [6, 6.07) is 0. The number of ether oxygens (including phenoxy) is 2. The third-order valence-electron chi connectivity index (χ3n) is 3.53. The number of hydrogen-bond donors (Lipinski definition) is 3. The molecule has 17 heavy (non-hydrogen) atoms.